The van der Waals surface area contributed by atoms with Gasteiger partial charge in [-0.05, 0) is 32.4 Å². The summed E-state index contributed by atoms with van der Waals surface area (Å²) in [6.07, 6.45) is 6.12. The predicted molar refractivity (Wildman–Crippen MR) is 85.5 cm³/mol. The minimum Gasteiger partial charge on any atom is -0.444 e. The Kier molecular flexibility index (Phi) is 5.34. The number of aromatic nitrogens is 2. The fourth-order valence-corrected chi connectivity index (χ4v) is 2.97. The van der Waals surface area contributed by atoms with Gasteiger partial charge in [0.1, 0.15) is 12.4 Å². The first-order valence-corrected chi connectivity index (χ1v) is 9.00. The van der Waals surface area contributed by atoms with E-state index < -0.39 is 6.09 Å². The molecular weight excluding hydrogens is 318 g/mol. The molecule has 1 aromatic rings. The Morgan fingerprint density at radius 3 is 3.13 bits per heavy atom. The summed E-state index contributed by atoms with van der Waals surface area (Å²) in [4.78, 5) is 22.4. The monoisotopic (exact) mass is 339 g/mol. The van der Waals surface area contributed by atoms with E-state index in [1.54, 1.807) is 11.1 Å². The van der Waals surface area contributed by atoms with Crippen molar-refractivity contribution >= 4 is 23.7 Å². The van der Waals surface area contributed by atoms with Gasteiger partial charge in [0.2, 0.25) is 0 Å². The number of nitrogens with zero attached hydrogens (tertiary/aromatic N) is 3. The molecule has 0 radical (unpaired) electrons. The number of anilines is 1. The average molecular weight is 339 g/mol. The molecule has 1 amide bonds. The normalized spacial score (nSPS) is 22.4. The van der Waals surface area contributed by atoms with Crippen LogP contribution in [0, 0.1) is 0 Å². The molecule has 3 rings (SSSR count). The zero-order chi connectivity index (χ0) is 16.2. The van der Waals surface area contributed by atoms with Gasteiger partial charge in [0.15, 0.2) is 11.4 Å². The summed E-state index contributed by atoms with van der Waals surface area (Å²) in [7, 11) is 0. The number of cyclic esters (lactones) is 1. The largest absolute Gasteiger partial charge is 0.444 e. The molecule has 1 aromatic heterocycles. The highest BCUT2D eigenvalue weighted by Gasteiger charge is 2.32. The van der Waals surface area contributed by atoms with Crippen LogP contribution in [0.2, 0.25) is 0 Å². The lowest BCUT2D eigenvalue weighted by Gasteiger charge is -2.33. The molecule has 0 aromatic carbocycles. The van der Waals surface area contributed by atoms with Crippen LogP contribution in [0.4, 0.5) is 10.6 Å². The van der Waals surface area contributed by atoms with Crippen molar-refractivity contribution < 1.29 is 19.0 Å². The number of ether oxygens (including phenoxy) is 3. The molecule has 0 spiro atoms. The molecule has 2 aliphatic heterocycles. The lowest BCUT2D eigenvalue weighted by Crippen LogP contribution is -2.46. The molecule has 23 heavy (non-hydrogen) atoms. The third kappa shape index (κ3) is 3.76. The van der Waals surface area contributed by atoms with E-state index >= 15 is 0 Å². The Morgan fingerprint density at radius 1 is 1.52 bits per heavy atom. The smallest absolute Gasteiger partial charge is 0.416 e. The number of carbonyl (C=O) groups is 1. The molecule has 0 saturated carbocycles. The van der Waals surface area contributed by atoms with E-state index in [1.165, 1.54) is 11.8 Å². The first-order chi connectivity index (χ1) is 11.2. The van der Waals surface area contributed by atoms with Crippen LogP contribution >= 0.6 is 11.8 Å². The number of amides is 1. The first kappa shape index (κ1) is 16.5. The summed E-state index contributed by atoms with van der Waals surface area (Å²) in [6, 6.07) is -0.198. The van der Waals surface area contributed by atoms with Crippen LogP contribution in [0.5, 0.6) is 0 Å². The quantitative estimate of drug-likeness (QED) is 0.603. The maximum atomic E-state index is 12.2. The zero-order valence-corrected chi connectivity index (χ0v) is 14.2. The van der Waals surface area contributed by atoms with Gasteiger partial charge in [0, 0.05) is 12.8 Å². The number of carbonyl (C=O) groups excluding carboxylic acids is 1. The van der Waals surface area contributed by atoms with Crippen molar-refractivity contribution in [1.82, 2.24) is 9.97 Å². The van der Waals surface area contributed by atoms with Crippen molar-refractivity contribution in [2.45, 2.75) is 50.3 Å². The number of thioether (sulfide) groups is 1. The van der Waals surface area contributed by atoms with E-state index in [0.717, 1.165) is 31.4 Å². The molecule has 7 nitrogen and oxygen atoms in total. The number of rotatable bonds is 5. The van der Waals surface area contributed by atoms with Gasteiger partial charge in [0.05, 0.1) is 18.2 Å². The van der Waals surface area contributed by atoms with Gasteiger partial charge >= 0.3 is 6.09 Å². The third-order valence-corrected chi connectivity index (χ3v) is 4.44. The Labute approximate surface area is 139 Å². The molecule has 1 unspecified atom stereocenters. The van der Waals surface area contributed by atoms with Crippen LogP contribution in [0.1, 0.15) is 31.7 Å². The molecule has 8 heteroatoms. The van der Waals surface area contributed by atoms with E-state index in [0.29, 0.717) is 17.6 Å². The minimum absolute atomic E-state index is 0.182. The maximum Gasteiger partial charge on any atom is 0.416 e. The second kappa shape index (κ2) is 7.46. The van der Waals surface area contributed by atoms with Crippen molar-refractivity contribution in [1.29, 1.82) is 0 Å². The maximum absolute atomic E-state index is 12.2. The van der Waals surface area contributed by atoms with Crippen molar-refractivity contribution in [3.05, 3.63) is 11.8 Å². The molecule has 1 fully saturated rings. The Morgan fingerprint density at radius 2 is 2.39 bits per heavy atom. The fraction of sp³-hybridized carbons (Fsp3) is 0.667. The predicted octanol–water partition coefficient (Wildman–Crippen LogP) is 2.59. The SMILES string of the molecule is CSc1ncc2c(n1)N([C@H](C)COC1CCCCO1)C(=O)OC2. The summed E-state index contributed by atoms with van der Waals surface area (Å²) in [5.41, 5.74) is 0.808. The second-order valence-electron chi connectivity index (χ2n) is 5.61. The fourth-order valence-electron chi connectivity index (χ4n) is 2.64. The molecule has 1 saturated heterocycles. The number of hydrogen-bond acceptors (Lipinski definition) is 7. The summed E-state index contributed by atoms with van der Waals surface area (Å²) >= 11 is 1.44. The number of hydrogen-bond donors (Lipinski definition) is 0. The molecular formula is C15H21N3O4S. The van der Waals surface area contributed by atoms with E-state index in [-0.39, 0.29) is 18.9 Å². The van der Waals surface area contributed by atoms with E-state index in [2.05, 4.69) is 9.97 Å². The van der Waals surface area contributed by atoms with Crippen LogP contribution in [0.15, 0.2) is 11.4 Å². The lowest BCUT2D eigenvalue weighted by molar-refractivity contribution is -0.164. The first-order valence-electron chi connectivity index (χ1n) is 7.78. The van der Waals surface area contributed by atoms with Crippen LogP contribution in [0.25, 0.3) is 0 Å². The van der Waals surface area contributed by atoms with Crippen molar-refractivity contribution in [3.8, 4) is 0 Å². The molecule has 3 heterocycles. The van der Waals surface area contributed by atoms with E-state index in [9.17, 15) is 4.79 Å². The van der Waals surface area contributed by atoms with Crippen molar-refractivity contribution in [2.24, 2.45) is 0 Å². The Hall–Kier alpha value is -1.38. The third-order valence-electron chi connectivity index (χ3n) is 3.88. The lowest BCUT2D eigenvalue weighted by atomic mass is 10.2. The zero-order valence-electron chi connectivity index (χ0n) is 13.4. The van der Waals surface area contributed by atoms with Crippen LogP contribution in [-0.4, -0.2) is 47.9 Å². The van der Waals surface area contributed by atoms with Gasteiger partial charge in [-0.15, -0.1) is 0 Å². The Balaban J connectivity index is 1.71. The second-order valence-corrected chi connectivity index (χ2v) is 6.38. The summed E-state index contributed by atoms with van der Waals surface area (Å²) in [5.74, 6) is 0.612. The van der Waals surface area contributed by atoms with E-state index in [4.69, 9.17) is 14.2 Å². The molecule has 126 valence electrons. The van der Waals surface area contributed by atoms with E-state index in [1.807, 2.05) is 13.2 Å². The van der Waals surface area contributed by atoms with Crippen LogP contribution < -0.4 is 4.90 Å². The highest BCUT2D eigenvalue weighted by Crippen LogP contribution is 2.28. The molecule has 0 aliphatic carbocycles. The Bertz CT molecular complexity index is 566. The highest BCUT2D eigenvalue weighted by atomic mass is 32.2. The molecule has 0 bridgehead atoms. The summed E-state index contributed by atoms with van der Waals surface area (Å²) in [6.45, 7) is 3.23. The van der Waals surface area contributed by atoms with Gasteiger partial charge < -0.3 is 14.2 Å². The molecule has 0 N–H and O–H groups in total. The number of fused-ring (bicyclic) bond motifs is 1. The van der Waals surface area contributed by atoms with Gasteiger partial charge in [-0.25, -0.2) is 14.8 Å². The summed E-state index contributed by atoms with van der Waals surface area (Å²) in [5, 5.41) is 0.632. The molecule has 2 atom stereocenters. The standard InChI is InChI=1S/C15H21N3O4S/c1-10(8-21-12-5-3-4-6-20-12)18-13-11(9-22-15(18)19)7-16-14(17-13)23-2/h7,10,12H,3-6,8-9H2,1-2H3/t10-,12?/m1/s1. The molecule has 2 aliphatic rings. The highest BCUT2D eigenvalue weighted by molar-refractivity contribution is 7.98. The van der Waals surface area contributed by atoms with Gasteiger partial charge in [-0.3, -0.25) is 4.90 Å². The van der Waals surface area contributed by atoms with Crippen molar-refractivity contribution in [2.75, 3.05) is 24.4 Å². The average Bonchev–Trinajstić information content (AvgIpc) is 2.60. The minimum atomic E-state index is -0.399. The summed E-state index contributed by atoms with van der Waals surface area (Å²) < 4.78 is 16.6. The van der Waals surface area contributed by atoms with Gasteiger partial charge in [0.25, 0.3) is 0 Å². The van der Waals surface area contributed by atoms with Gasteiger partial charge in [-0.2, -0.15) is 0 Å². The van der Waals surface area contributed by atoms with Crippen LogP contribution in [-0.2, 0) is 20.8 Å². The van der Waals surface area contributed by atoms with Gasteiger partial charge in [-0.1, -0.05) is 11.8 Å². The van der Waals surface area contributed by atoms with Crippen LogP contribution in [0.3, 0.4) is 0 Å². The topological polar surface area (TPSA) is 73.8 Å². The van der Waals surface area contributed by atoms with Crippen molar-refractivity contribution in [3.63, 3.8) is 0 Å².